The number of sulfonamides is 1. The van der Waals surface area contributed by atoms with Crippen LogP contribution in [0.4, 0.5) is 0 Å². The highest BCUT2D eigenvalue weighted by Gasteiger charge is 2.19. The third-order valence-electron chi connectivity index (χ3n) is 1.90. The minimum Gasteiger partial charge on any atom is -0.486 e. The molecule has 0 unspecified atom stereocenters. The van der Waals surface area contributed by atoms with Gasteiger partial charge in [-0.05, 0) is 22.0 Å². The summed E-state index contributed by atoms with van der Waals surface area (Å²) in [6.45, 7) is 0.841. The van der Waals surface area contributed by atoms with Gasteiger partial charge < -0.3 is 9.47 Å². The summed E-state index contributed by atoms with van der Waals surface area (Å²) in [5, 5.41) is 5.01. The molecule has 7 heteroatoms. The van der Waals surface area contributed by atoms with Gasteiger partial charge >= 0.3 is 0 Å². The van der Waals surface area contributed by atoms with Gasteiger partial charge in [0.05, 0.1) is 9.37 Å². The number of hydrogen-bond donors (Lipinski definition) is 1. The number of fused-ring (bicyclic) bond motifs is 1. The van der Waals surface area contributed by atoms with Crippen molar-refractivity contribution in [3.05, 3.63) is 16.6 Å². The molecule has 0 bridgehead atoms. The molecule has 0 aromatic heterocycles. The van der Waals surface area contributed by atoms with Crippen LogP contribution in [0, 0.1) is 0 Å². The summed E-state index contributed by atoms with van der Waals surface area (Å²) >= 11 is 3.20. The molecule has 0 atom stereocenters. The fourth-order valence-electron chi connectivity index (χ4n) is 1.25. The Morgan fingerprint density at radius 2 is 1.93 bits per heavy atom. The van der Waals surface area contributed by atoms with Gasteiger partial charge in [-0.3, -0.25) is 0 Å². The number of halogens is 1. The third-order valence-corrected chi connectivity index (χ3v) is 3.38. The smallest absolute Gasteiger partial charge is 0.238 e. The monoisotopic (exact) mass is 293 g/mol. The number of ether oxygens (including phenoxy) is 2. The van der Waals surface area contributed by atoms with E-state index in [1.165, 1.54) is 12.1 Å². The van der Waals surface area contributed by atoms with E-state index in [-0.39, 0.29) is 4.90 Å². The van der Waals surface area contributed by atoms with Crippen LogP contribution in [-0.2, 0) is 10.0 Å². The third kappa shape index (κ3) is 2.09. The van der Waals surface area contributed by atoms with Crippen molar-refractivity contribution < 1.29 is 17.9 Å². The number of rotatable bonds is 1. The summed E-state index contributed by atoms with van der Waals surface area (Å²) in [5.74, 6) is 0.897. The second-order valence-electron chi connectivity index (χ2n) is 2.97. The first kappa shape index (κ1) is 10.7. The summed E-state index contributed by atoms with van der Waals surface area (Å²) in [6.07, 6.45) is 0. The maximum absolute atomic E-state index is 11.1. The second-order valence-corrected chi connectivity index (χ2v) is 5.39. The van der Waals surface area contributed by atoms with Gasteiger partial charge in [-0.1, -0.05) is 0 Å². The number of benzene rings is 1. The van der Waals surface area contributed by atoms with Crippen molar-refractivity contribution in [3.63, 3.8) is 0 Å². The highest BCUT2D eigenvalue weighted by atomic mass is 79.9. The Morgan fingerprint density at radius 1 is 1.27 bits per heavy atom. The van der Waals surface area contributed by atoms with Crippen molar-refractivity contribution in [3.8, 4) is 11.5 Å². The first-order chi connectivity index (χ1) is 6.98. The number of hydrogen-bond acceptors (Lipinski definition) is 4. The Morgan fingerprint density at radius 3 is 2.60 bits per heavy atom. The van der Waals surface area contributed by atoms with Crippen LogP contribution in [-0.4, -0.2) is 21.6 Å². The number of primary sulfonamides is 1. The van der Waals surface area contributed by atoms with E-state index < -0.39 is 10.0 Å². The Bertz CT molecular complexity index is 500. The average Bonchev–Trinajstić information content (AvgIpc) is 2.16. The van der Waals surface area contributed by atoms with Gasteiger partial charge in [-0.25, -0.2) is 13.6 Å². The molecule has 0 saturated carbocycles. The SMILES string of the molecule is NS(=O)(=O)c1cc(Br)c2c(c1)OCCO2. The van der Waals surface area contributed by atoms with Crippen molar-refractivity contribution in [2.45, 2.75) is 4.90 Å². The average molecular weight is 294 g/mol. The van der Waals surface area contributed by atoms with Crippen LogP contribution in [0.25, 0.3) is 0 Å². The van der Waals surface area contributed by atoms with E-state index in [1.807, 2.05) is 0 Å². The van der Waals surface area contributed by atoms with Gasteiger partial charge in [0.25, 0.3) is 0 Å². The van der Waals surface area contributed by atoms with E-state index in [4.69, 9.17) is 14.6 Å². The van der Waals surface area contributed by atoms with Crippen molar-refractivity contribution in [2.24, 2.45) is 5.14 Å². The van der Waals surface area contributed by atoms with Gasteiger partial charge in [-0.2, -0.15) is 0 Å². The van der Waals surface area contributed by atoms with Crippen LogP contribution in [0.1, 0.15) is 0 Å². The molecular formula is C8H8BrNO4S. The highest BCUT2D eigenvalue weighted by Crippen LogP contribution is 2.39. The van der Waals surface area contributed by atoms with Crippen LogP contribution in [0.2, 0.25) is 0 Å². The van der Waals surface area contributed by atoms with Crippen LogP contribution >= 0.6 is 15.9 Å². The van der Waals surface area contributed by atoms with Gasteiger partial charge in [0, 0.05) is 6.07 Å². The lowest BCUT2D eigenvalue weighted by atomic mass is 10.3. The maximum Gasteiger partial charge on any atom is 0.238 e. The molecule has 1 aromatic rings. The molecule has 0 aliphatic carbocycles. The van der Waals surface area contributed by atoms with Gasteiger partial charge in [-0.15, -0.1) is 0 Å². The molecule has 15 heavy (non-hydrogen) atoms. The van der Waals surface area contributed by atoms with Crippen molar-refractivity contribution in [2.75, 3.05) is 13.2 Å². The lowest BCUT2D eigenvalue weighted by Crippen LogP contribution is -2.17. The quantitative estimate of drug-likeness (QED) is 0.833. The largest absolute Gasteiger partial charge is 0.486 e. The van der Waals surface area contributed by atoms with E-state index in [2.05, 4.69) is 15.9 Å². The molecule has 0 fully saturated rings. The van der Waals surface area contributed by atoms with Crippen LogP contribution in [0.15, 0.2) is 21.5 Å². The predicted molar refractivity (Wildman–Crippen MR) is 56.5 cm³/mol. The van der Waals surface area contributed by atoms with Crippen molar-refractivity contribution >= 4 is 26.0 Å². The topological polar surface area (TPSA) is 78.6 Å². The minimum absolute atomic E-state index is 0.00127. The molecule has 2 rings (SSSR count). The normalized spacial score (nSPS) is 15.1. The summed E-state index contributed by atoms with van der Waals surface area (Å²) in [5.41, 5.74) is 0. The Labute approximate surface area is 95.4 Å². The van der Waals surface area contributed by atoms with E-state index in [0.717, 1.165) is 0 Å². The minimum atomic E-state index is -3.72. The molecule has 5 nitrogen and oxygen atoms in total. The summed E-state index contributed by atoms with van der Waals surface area (Å²) in [4.78, 5) is -0.00127. The molecule has 1 aromatic carbocycles. The first-order valence-corrected chi connectivity index (χ1v) is 6.44. The van der Waals surface area contributed by atoms with Gasteiger partial charge in [0.15, 0.2) is 11.5 Å². The van der Waals surface area contributed by atoms with E-state index in [1.54, 1.807) is 0 Å². The van der Waals surface area contributed by atoms with Gasteiger partial charge in [0.2, 0.25) is 10.0 Å². The molecule has 1 heterocycles. The van der Waals surface area contributed by atoms with Crippen molar-refractivity contribution in [1.82, 2.24) is 0 Å². The van der Waals surface area contributed by atoms with Crippen LogP contribution in [0.5, 0.6) is 11.5 Å². The Kier molecular flexibility index (Phi) is 2.61. The molecule has 2 N–H and O–H groups in total. The van der Waals surface area contributed by atoms with E-state index in [9.17, 15) is 8.42 Å². The Hall–Kier alpha value is -0.790. The number of nitrogens with two attached hydrogens (primary N) is 1. The fraction of sp³-hybridized carbons (Fsp3) is 0.250. The maximum atomic E-state index is 11.1. The zero-order valence-corrected chi connectivity index (χ0v) is 9.97. The molecular weight excluding hydrogens is 286 g/mol. The molecule has 0 amide bonds. The van der Waals surface area contributed by atoms with E-state index in [0.29, 0.717) is 29.2 Å². The molecule has 0 saturated heterocycles. The molecule has 1 aliphatic rings. The van der Waals surface area contributed by atoms with Crippen LogP contribution < -0.4 is 14.6 Å². The van der Waals surface area contributed by atoms with E-state index >= 15 is 0 Å². The van der Waals surface area contributed by atoms with Gasteiger partial charge in [0.1, 0.15) is 13.2 Å². The summed E-state index contributed by atoms with van der Waals surface area (Å²) in [6, 6.07) is 2.75. The van der Waals surface area contributed by atoms with Crippen molar-refractivity contribution in [1.29, 1.82) is 0 Å². The first-order valence-electron chi connectivity index (χ1n) is 4.10. The lowest BCUT2D eigenvalue weighted by molar-refractivity contribution is 0.170. The lowest BCUT2D eigenvalue weighted by Gasteiger charge is -2.19. The molecule has 0 radical (unpaired) electrons. The zero-order valence-electron chi connectivity index (χ0n) is 7.57. The molecule has 1 aliphatic heterocycles. The Balaban J connectivity index is 2.60. The summed E-state index contributed by atoms with van der Waals surface area (Å²) in [7, 11) is -3.72. The zero-order chi connectivity index (χ0) is 11.1. The highest BCUT2D eigenvalue weighted by molar-refractivity contribution is 9.10. The molecule has 82 valence electrons. The second kappa shape index (κ2) is 3.66. The fourth-order valence-corrected chi connectivity index (χ4v) is 2.51. The predicted octanol–water partition coefficient (Wildman–Crippen LogP) is 0.868. The summed E-state index contributed by atoms with van der Waals surface area (Å²) < 4.78 is 33.4. The standard InChI is InChI=1S/C8H8BrNO4S/c9-6-3-5(15(10,11)12)4-7-8(6)14-2-1-13-7/h3-4H,1-2H2,(H2,10,11,12). The molecule has 0 spiro atoms. The van der Waals surface area contributed by atoms with Crippen LogP contribution in [0.3, 0.4) is 0 Å².